The Kier molecular flexibility index (Phi) is 7.77. The van der Waals surface area contributed by atoms with E-state index in [1.54, 1.807) is 0 Å². The number of hydrogen-bond acceptors (Lipinski definition) is 2. The highest BCUT2D eigenvalue weighted by molar-refractivity contribution is 5.85. The van der Waals surface area contributed by atoms with Crippen LogP contribution in [0.25, 0.3) is 0 Å². The van der Waals surface area contributed by atoms with Crippen molar-refractivity contribution in [3.05, 3.63) is 0 Å². The van der Waals surface area contributed by atoms with Crippen molar-refractivity contribution in [3.8, 4) is 0 Å². The van der Waals surface area contributed by atoms with E-state index in [1.807, 2.05) is 0 Å². The van der Waals surface area contributed by atoms with Gasteiger partial charge in [0.05, 0.1) is 0 Å². The Bertz CT molecular complexity index is 203. The first-order valence-corrected chi connectivity index (χ1v) is 6.23. The molecule has 1 saturated carbocycles. The van der Waals surface area contributed by atoms with Crippen LogP contribution >= 0.6 is 12.4 Å². The average Bonchev–Trinajstić information content (AvgIpc) is 2.74. The first-order chi connectivity index (χ1) is 7.25. The number of nitrogens with one attached hydrogen (secondary N) is 1. The van der Waals surface area contributed by atoms with Crippen LogP contribution in [-0.2, 0) is 4.79 Å². The molecule has 0 heterocycles. The van der Waals surface area contributed by atoms with Gasteiger partial charge in [0.25, 0.3) is 0 Å². The Morgan fingerprint density at radius 2 is 1.94 bits per heavy atom. The zero-order valence-electron chi connectivity index (χ0n) is 10.3. The number of halogens is 1. The summed E-state index contributed by atoms with van der Waals surface area (Å²) in [5.41, 5.74) is 5.37. The van der Waals surface area contributed by atoms with Crippen molar-refractivity contribution in [1.29, 1.82) is 0 Å². The van der Waals surface area contributed by atoms with Crippen LogP contribution < -0.4 is 11.1 Å². The van der Waals surface area contributed by atoms with Crippen LogP contribution in [0.2, 0.25) is 0 Å². The van der Waals surface area contributed by atoms with Crippen LogP contribution in [0.15, 0.2) is 0 Å². The van der Waals surface area contributed by atoms with E-state index >= 15 is 0 Å². The van der Waals surface area contributed by atoms with Crippen LogP contribution in [0.4, 0.5) is 0 Å². The Morgan fingerprint density at radius 3 is 2.44 bits per heavy atom. The molecule has 1 aliphatic rings. The SMILES string of the molecule is CCC1(C(=O)NCCCCN)CCCC1.Cl. The molecule has 3 nitrogen and oxygen atoms in total. The van der Waals surface area contributed by atoms with Gasteiger partial charge in [-0.15, -0.1) is 12.4 Å². The van der Waals surface area contributed by atoms with Crippen LogP contribution in [0.3, 0.4) is 0 Å². The molecule has 0 aliphatic heterocycles. The second-order valence-corrected chi connectivity index (χ2v) is 4.59. The molecule has 1 aliphatic carbocycles. The lowest BCUT2D eigenvalue weighted by Crippen LogP contribution is -2.39. The molecule has 3 N–H and O–H groups in total. The summed E-state index contributed by atoms with van der Waals surface area (Å²) in [6, 6.07) is 0. The predicted octanol–water partition coefficient (Wildman–Crippen LogP) is 2.23. The highest BCUT2D eigenvalue weighted by Gasteiger charge is 2.38. The minimum atomic E-state index is -0.0390. The number of unbranched alkanes of at least 4 members (excludes halogenated alkanes) is 1. The second-order valence-electron chi connectivity index (χ2n) is 4.59. The number of carbonyl (C=O) groups is 1. The molecule has 0 radical (unpaired) electrons. The van der Waals surface area contributed by atoms with Gasteiger partial charge in [-0.05, 0) is 38.6 Å². The van der Waals surface area contributed by atoms with Gasteiger partial charge in [-0.2, -0.15) is 0 Å². The predicted molar refractivity (Wildman–Crippen MR) is 69.7 cm³/mol. The molecule has 0 aromatic heterocycles. The largest absolute Gasteiger partial charge is 0.356 e. The van der Waals surface area contributed by atoms with Crippen LogP contribution in [0, 0.1) is 5.41 Å². The average molecular weight is 249 g/mol. The highest BCUT2D eigenvalue weighted by atomic mass is 35.5. The number of carbonyl (C=O) groups excluding carboxylic acids is 1. The van der Waals surface area contributed by atoms with Crippen LogP contribution in [-0.4, -0.2) is 19.0 Å². The third kappa shape index (κ3) is 3.95. The molecule has 4 heteroatoms. The van der Waals surface area contributed by atoms with E-state index in [0.29, 0.717) is 0 Å². The maximum Gasteiger partial charge on any atom is 0.226 e. The lowest BCUT2D eigenvalue weighted by molar-refractivity contribution is -0.131. The molecule has 0 bridgehead atoms. The fourth-order valence-corrected chi connectivity index (χ4v) is 2.45. The fourth-order valence-electron chi connectivity index (χ4n) is 2.45. The van der Waals surface area contributed by atoms with E-state index < -0.39 is 0 Å². The van der Waals surface area contributed by atoms with Gasteiger partial charge in [0.1, 0.15) is 0 Å². The molecule has 1 fully saturated rings. The molecule has 16 heavy (non-hydrogen) atoms. The molecule has 0 atom stereocenters. The van der Waals surface area contributed by atoms with Crippen molar-refractivity contribution >= 4 is 18.3 Å². The number of hydrogen-bond donors (Lipinski definition) is 2. The van der Waals surface area contributed by atoms with Crippen molar-refractivity contribution in [3.63, 3.8) is 0 Å². The Labute approximate surface area is 105 Å². The molecule has 0 aromatic carbocycles. The summed E-state index contributed by atoms with van der Waals surface area (Å²) in [6.45, 7) is 3.64. The fraction of sp³-hybridized carbons (Fsp3) is 0.917. The van der Waals surface area contributed by atoms with Crippen LogP contribution in [0.1, 0.15) is 51.9 Å². The van der Waals surface area contributed by atoms with Crippen molar-refractivity contribution in [2.45, 2.75) is 51.9 Å². The van der Waals surface area contributed by atoms with E-state index in [-0.39, 0.29) is 23.7 Å². The quantitative estimate of drug-likeness (QED) is 0.709. The van der Waals surface area contributed by atoms with Gasteiger partial charge in [0, 0.05) is 12.0 Å². The number of amides is 1. The highest BCUT2D eigenvalue weighted by Crippen LogP contribution is 2.40. The zero-order valence-corrected chi connectivity index (χ0v) is 11.1. The standard InChI is InChI=1S/C12H24N2O.ClH/c1-2-12(7-3-4-8-12)11(15)14-10-6-5-9-13;/h2-10,13H2,1H3,(H,14,15);1H. The third-order valence-corrected chi connectivity index (χ3v) is 3.64. The minimum Gasteiger partial charge on any atom is -0.356 e. The summed E-state index contributed by atoms with van der Waals surface area (Å²) in [5, 5.41) is 3.06. The monoisotopic (exact) mass is 248 g/mol. The second kappa shape index (κ2) is 7.91. The maximum absolute atomic E-state index is 12.0. The smallest absolute Gasteiger partial charge is 0.226 e. The first kappa shape index (κ1) is 15.7. The summed E-state index contributed by atoms with van der Waals surface area (Å²) < 4.78 is 0. The molecular formula is C12H25ClN2O. The van der Waals surface area contributed by atoms with E-state index in [2.05, 4.69) is 12.2 Å². The van der Waals surface area contributed by atoms with E-state index in [1.165, 1.54) is 12.8 Å². The molecule has 0 aromatic rings. The first-order valence-electron chi connectivity index (χ1n) is 6.23. The summed E-state index contributed by atoms with van der Waals surface area (Å²) in [7, 11) is 0. The molecule has 96 valence electrons. The van der Waals surface area contributed by atoms with Gasteiger partial charge in [-0.3, -0.25) is 4.79 Å². The summed E-state index contributed by atoms with van der Waals surface area (Å²) in [6.07, 6.45) is 7.56. The van der Waals surface area contributed by atoms with Gasteiger partial charge in [-0.25, -0.2) is 0 Å². The summed E-state index contributed by atoms with van der Waals surface area (Å²) >= 11 is 0. The molecule has 1 rings (SSSR count). The normalized spacial score (nSPS) is 17.9. The van der Waals surface area contributed by atoms with Gasteiger partial charge < -0.3 is 11.1 Å². The van der Waals surface area contributed by atoms with Gasteiger partial charge >= 0.3 is 0 Å². The zero-order chi connectivity index (χ0) is 11.1. The summed E-state index contributed by atoms with van der Waals surface area (Å²) in [4.78, 5) is 12.0. The molecule has 1 amide bonds. The van der Waals surface area contributed by atoms with E-state index in [4.69, 9.17) is 5.73 Å². The van der Waals surface area contributed by atoms with Gasteiger partial charge in [-0.1, -0.05) is 19.8 Å². The minimum absolute atomic E-state index is 0. The Morgan fingerprint density at radius 1 is 1.31 bits per heavy atom. The van der Waals surface area contributed by atoms with E-state index in [0.717, 1.165) is 45.2 Å². The molecule has 0 unspecified atom stereocenters. The number of nitrogens with two attached hydrogens (primary N) is 1. The van der Waals surface area contributed by atoms with Gasteiger partial charge in [0.15, 0.2) is 0 Å². The topological polar surface area (TPSA) is 55.1 Å². The lowest BCUT2D eigenvalue weighted by Gasteiger charge is -2.25. The van der Waals surface area contributed by atoms with Crippen molar-refractivity contribution in [2.75, 3.05) is 13.1 Å². The van der Waals surface area contributed by atoms with Crippen molar-refractivity contribution in [2.24, 2.45) is 11.1 Å². The Balaban J connectivity index is 0.00000225. The molecule has 0 spiro atoms. The number of rotatable bonds is 6. The van der Waals surface area contributed by atoms with E-state index in [9.17, 15) is 4.79 Å². The molecular weight excluding hydrogens is 224 g/mol. The van der Waals surface area contributed by atoms with Crippen molar-refractivity contribution in [1.82, 2.24) is 5.32 Å². The Hall–Kier alpha value is -0.280. The van der Waals surface area contributed by atoms with Crippen LogP contribution in [0.5, 0.6) is 0 Å². The maximum atomic E-state index is 12.0. The van der Waals surface area contributed by atoms with Gasteiger partial charge in [0.2, 0.25) is 5.91 Å². The molecule has 0 saturated heterocycles. The third-order valence-electron chi connectivity index (χ3n) is 3.64. The van der Waals surface area contributed by atoms with Crippen molar-refractivity contribution < 1.29 is 4.79 Å². The lowest BCUT2D eigenvalue weighted by atomic mass is 9.82. The summed E-state index contributed by atoms with van der Waals surface area (Å²) in [5.74, 6) is 0.277.